The van der Waals surface area contributed by atoms with Crippen molar-refractivity contribution in [2.24, 2.45) is 7.05 Å². The van der Waals surface area contributed by atoms with Crippen LogP contribution in [0.4, 0.5) is 4.39 Å². The molecule has 38 heavy (non-hydrogen) atoms. The maximum atomic E-state index is 15.3. The molecule has 2 bridgehead atoms. The first-order chi connectivity index (χ1) is 18.2. The van der Waals surface area contributed by atoms with Crippen molar-refractivity contribution in [2.75, 3.05) is 13.6 Å². The third-order valence-electron chi connectivity index (χ3n) is 6.94. The molecule has 0 fully saturated rings. The van der Waals surface area contributed by atoms with Crippen LogP contribution in [0, 0.1) is 5.82 Å². The highest BCUT2D eigenvalue weighted by atomic mass is 19.1. The van der Waals surface area contributed by atoms with E-state index in [4.69, 9.17) is 14.6 Å². The average molecular weight is 522 g/mol. The maximum Gasteiger partial charge on any atom is 0.240 e. The number of nitrogens with zero attached hydrogens (tertiary/aromatic N) is 6. The van der Waals surface area contributed by atoms with E-state index >= 15 is 4.39 Å². The first-order valence-corrected chi connectivity index (χ1v) is 13.2. The third kappa shape index (κ3) is 4.80. The number of likely N-dealkylation sites (N-methyl/N-ethyl adjacent to an activating group) is 1. The number of rotatable bonds is 4. The highest BCUT2D eigenvalue weighted by molar-refractivity contribution is 5.93. The van der Waals surface area contributed by atoms with E-state index in [9.17, 15) is 0 Å². The van der Waals surface area contributed by atoms with Crippen LogP contribution in [0.25, 0.3) is 34.2 Å². The fourth-order valence-electron chi connectivity index (χ4n) is 4.92. The largest absolute Gasteiger partial charge is 0.473 e. The Balaban J connectivity index is 1.73. The summed E-state index contributed by atoms with van der Waals surface area (Å²) in [6.07, 6.45) is 6.33. The second-order valence-corrected chi connectivity index (χ2v) is 10.5. The number of hydrogen-bond donors (Lipinski definition) is 1. The van der Waals surface area contributed by atoms with Crippen LogP contribution in [0.15, 0.2) is 18.3 Å². The van der Waals surface area contributed by atoms with Gasteiger partial charge in [-0.2, -0.15) is 10.2 Å². The summed E-state index contributed by atoms with van der Waals surface area (Å²) < 4.78 is 31.6. The number of aromatic amines is 1. The van der Waals surface area contributed by atoms with Gasteiger partial charge in [-0.25, -0.2) is 9.07 Å². The summed E-state index contributed by atoms with van der Waals surface area (Å²) in [6.45, 7) is 11.6. The topological polar surface area (TPSA) is 86.0 Å². The molecule has 10 heteroatoms. The summed E-state index contributed by atoms with van der Waals surface area (Å²) in [7, 11) is 3.87. The van der Waals surface area contributed by atoms with Gasteiger partial charge in [-0.1, -0.05) is 6.92 Å². The van der Waals surface area contributed by atoms with Gasteiger partial charge < -0.3 is 9.47 Å². The molecule has 9 nitrogen and oxygen atoms in total. The molecule has 1 N–H and O–H groups in total. The first-order valence-electron chi connectivity index (χ1n) is 13.2. The van der Waals surface area contributed by atoms with E-state index < -0.39 is 0 Å². The van der Waals surface area contributed by atoms with Crippen molar-refractivity contribution in [3.63, 3.8) is 0 Å². The lowest BCUT2D eigenvalue weighted by Gasteiger charge is -2.24. The molecule has 0 radical (unpaired) electrons. The average Bonchev–Trinajstić information content (AvgIpc) is 3.51. The van der Waals surface area contributed by atoms with Crippen molar-refractivity contribution < 1.29 is 13.9 Å². The number of aryl methyl sites for hydroxylation is 1. The van der Waals surface area contributed by atoms with Crippen LogP contribution in [-0.2, 0) is 13.6 Å². The molecule has 4 heterocycles. The Labute approximate surface area is 222 Å². The number of halogens is 1. The van der Waals surface area contributed by atoms with Crippen LogP contribution in [-0.4, -0.2) is 60.5 Å². The highest BCUT2D eigenvalue weighted by Crippen LogP contribution is 2.36. The van der Waals surface area contributed by atoms with Gasteiger partial charge in [0.25, 0.3) is 0 Å². The molecular formula is C28H36FN7O2. The van der Waals surface area contributed by atoms with Crippen LogP contribution in [0.2, 0.25) is 0 Å². The molecule has 0 saturated heterocycles. The van der Waals surface area contributed by atoms with Gasteiger partial charge in [0, 0.05) is 43.2 Å². The highest BCUT2D eigenvalue weighted by Gasteiger charge is 2.25. The first kappa shape index (κ1) is 26.0. The molecule has 1 aromatic carbocycles. The molecule has 0 spiro atoms. The van der Waals surface area contributed by atoms with Gasteiger partial charge in [-0.05, 0) is 59.4 Å². The molecule has 1 aliphatic rings. The van der Waals surface area contributed by atoms with Gasteiger partial charge in [0.2, 0.25) is 11.8 Å². The summed E-state index contributed by atoms with van der Waals surface area (Å²) in [6, 6.07) is 3.48. The molecule has 2 unspecified atom stereocenters. The monoisotopic (exact) mass is 521 g/mol. The minimum absolute atomic E-state index is 0.0283. The Morgan fingerprint density at radius 1 is 1.18 bits per heavy atom. The molecular weight excluding hydrogens is 485 g/mol. The zero-order valence-corrected chi connectivity index (χ0v) is 23.1. The lowest BCUT2D eigenvalue weighted by Crippen LogP contribution is -2.32. The SMILES string of the molecule is CCC(C)n1nc(OC(C)C)c2c1CN(C)CC(C)Oc1c(cnn1C)-c1cc3c(n[nH]c3cc1F)/C=C/2. The predicted molar refractivity (Wildman–Crippen MR) is 147 cm³/mol. The molecule has 3 aromatic heterocycles. The van der Waals surface area contributed by atoms with E-state index in [2.05, 4.69) is 45.8 Å². The Hall–Kier alpha value is -3.66. The number of aromatic nitrogens is 6. The number of H-pyrrole nitrogens is 1. The lowest BCUT2D eigenvalue weighted by molar-refractivity contribution is 0.146. The van der Waals surface area contributed by atoms with Crippen molar-refractivity contribution in [3.05, 3.63) is 41.1 Å². The zero-order chi connectivity index (χ0) is 27.1. The van der Waals surface area contributed by atoms with Crippen molar-refractivity contribution in [2.45, 2.75) is 65.8 Å². The molecule has 0 saturated carbocycles. The van der Waals surface area contributed by atoms with Crippen molar-refractivity contribution >= 4 is 23.1 Å². The Kier molecular flexibility index (Phi) is 7.00. The minimum atomic E-state index is -0.367. The smallest absolute Gasteiger partial charge is 0.240 e. The number of ether oxygens (including phenoxy) is 2. The number of fused-ring (bicyclic) bond motifs is 4. The summed E-state index contributed by atoms with van der Waals surface area (Å²) in [5, 5.41) is 17.5. The van der Waals surface area contributed by atoms with Crippen LogP contribution in [0.5, 0.6) is 11.8 Å². The van der Waals surface area contributed by atoms with Crippen LogP contribution in [0.1, 0.15) is 64.0 Å². The fourth-order valence-corrected chi connectivity index (χ4v) is 4.92. The van der Waals surface area contributed by atoms with Gasteiger partial charge in [-0.3, -0.25) is 14.7 Å². The molecule has 1 aliphatic heterocycles. The third-order valence-corrected chi connectivity index (χ3v) is 6.94. The summed E-state index contributed by atoms with van der Waals surface area (Å²) in [5.41, 5.74) is 4.31. The second-order valence-electron chi connectivity index (χ2n) is 10.5. The quantitative estimate of drug-likeness (QED) is 0.385. The summed E-state index contributed by atoms with van der Waals surface area (Å²) >= 11 is 0. The molecule has 2 atom stereocenters. The van der Waals surface area contributed by atoms with E-state index in [0.29, 0.717) is 47.2 Å². The number of hydrogen-bond acceptors (Lipinski definition) is 6. The molecule has 0 amide bonds. The molecule has 5 rings (SSSR count). The van der Waals surface area contributed by atoms with Crippen LogP contribution < -0.4 is 9.47 Å². The van der Waals surface area contributed by atoms with E-state index in [1.807, 2.05) is 39.0 Å². The van der Waals surface area contributed by atoms with Gasteiger partial charge in [0.15, 0.2) is 0 Å². The summed E-state index contributed by atoms with van der Waals surface area (Å²) in [4.78, 5) is 2.21. The Bertz CT molecular complexity index is 1480. The normalized spacial score (nSPS) is 18.1. The molecule has 4 aromatic rings. The Morgan fingerprint density at radius 2 is 1.97 bits per heavy atom. The predicted octanol–water partition coefficient (Wildman–Crippen LogP) is 5.44. The van der Waals surface area contributed by atoms with Gasteiger partial charge in [-0.15, -0.1) is 5.10 Å². The van der Waals surface area contributed by atoms with E-state index in [-0.39, 0.29) is 24.1 Å². The summed E-state index contributed by atoms with van der Waals surface area (Å²) in [5.74, 6) is 0.754. The number of nitrogens with one attached hydrogen (secondary N) is 1. The van der Waals surface area contributed by atoms with Crippen molar-refractivity contribution in [1.29, 1.82) is 0 Å². The Morgan fingerprint density at radius 3 is 2.71 bits per heavy atom. The zero-order valence-electron chi connectivity index (χ0n) is 23.1. The molecule has 202 valence electrons. The minimum Gasteiger partial charge on any atom is -0.473 e. The van der Waals surface area contributed by atoms with E-state index in [1.54, 1.807) is 17.9 Å². The van der Waals surface area contributed by atoms with E-state index in [1.165, 1.54) is 6.07 Å². The van der Waals surface area contributed by atoms with Crippen LogP contribution >= 0.6 is 0 Å². The number of benzene rings is 1. The van der Waals surface area contributed by atoms with Crippen molar-refractivity contribution in [1.82, 2.24) is 34.7 Å². The lowest BCUT2D eigenvalue weighted by atomic mass is 10.0. The fraction of sp³-hybridized carbons (Fsp3) is 0.464. The maximum absolute atomic E-state index is 15.3. The van der Waals surface area contributed by atoms with Crippen molar-refractivity contribution in [3.8, 4) is 22.9 Å². The van der Waals surface area contributed by atoms with Crippen LogP contribution in [0.3, 0.4) is 0 Å². The van der Waals surface area contributed by atoms with Gasteiger partial charge >= 0.3 is 0 Å². The molecule has 0 aliphatic carbocycles. The van der Waals surface area contributed by atoms with E-state index in [0.717, 1.165) is 23.1 Å². The van der Waals surface area contributed by atoms with Gasteiger partial charge in [0.1, 0.15) is 11.9 Å². The second kappa shape index (κ2) is 10.2. The standard InChI is InChI=1S/C28H36FN7O2/c1-8-17(4)36-26-15-34(6)14-18(5)38-28-22(13-30-35(28)7)20-11-21-24(31-32-25(21)12-23(20)29)10-9-19(26)27(33-36)37-16(2)3/h9-13,16-18H,8,14-15H2,1-7H3,(H,31,32)/b10-9+. The van der Waals surface area contributed by atoms with Gasteiger partial charge in [0.05, 0.1) is 40.3 Å².